The van der Waals surface area contributed by atoms with Gasteiger partial charge in [0, 0.05) is 43.8 Å². The third-order valence-electron chi connectivity index (χ3n) is 7.26. The Kier molecular flexibility index (Phi) is 2.48. The van der Waals surface area contributed by atoms with E-state index in [-0.39, 0.29) is 0 Å². The summed E-state index contributed by atoms with van der Waals surface area (Å²) in [6.45, 7) is 0. The van der Waals surface area contributed by atoms with Crippen LogP contribution in [0, 0.1) is 11.6 Å². The van der Waals surface area contributed by atoms with Gasteiger partial charge in [0.25, 0.3) is 0 Å². The number of aromatic nitrogens is 2. The maximum absolute atomic E-state index is 17.8. The second-order valence-electron chi connectivity index (χ2n) is 9.64. The number of fused-ring (bicyclic) bond motifs is 6. The molecule has 0 saturated carbocycles. The van der Waals surface area contributed by atoms with Gasteiger partial charge in [-0.15, -0.1) is 0 Å². The molecule has 0 atom stereocenters. The van der Waals surface area contributed by atoms with Crippen molar-refractivity contribution in [3.05, 3.63) is 169 Å². The molecule has 7 aromatic carbocycles. The molecule has 0 radical (unpaired) electrons. The summed E-state index contributed by atoms with van der Waals surface area (Å²) in [5.41, 5.74) is -10.4. The Labute approximate surface area is 300 Å². The molecular weight excluding hydrogens is 570 g/mol. The lowest BCUT2D eigenvalue weighted by Gasteiger charge is -2.17. The first-order valence-corrected chi connectivity index (χ1v) is 13.2. The lowest BCUT2D eigenvalue weighted by Crippen LogP contribution is -2.01. The van der Waals surface area contributed by atoms with Crippen molar-refractivity contribution in [2.24, 2.45) is 0 Å². The Morgan fingerprint density at radius 1 is 0.348 bits per heavy atom. The summed E-state index contributed by atoms with van der Waals surface area (Å²) in [6.07, 6.45) is 0. The average molecular weight is 623 g/mol. The minimum Gasteiger partial charge on any atom is -0.309 e. The van der Waals surface area contributed by atoms with Gasteiger partial charge in [-0.05, 0) is 48.3 Å². The van der Waals surface area contributed by atoms with E-state index < -0.39 is 246 Å². The normalized spacial score (nSPS) is 19.6. The van der Waals surface area contributed by atoms with Gasteiger partial charge in [0.15, 0.2) is 0 Å². The summed E-state index contributed by atoms with van der Waals surface area (Å²) in [5.74, 6) is -4.09. The van der Waals surface area contributed by atoms with Crippen LogP contribution < -0.4 is 0 Å². The van der Waals surface area contributed by atoms with E-state index in [0.29, 0.717) is 9.13 Å². The molecule has 2 heterocycles. The van der Waals surface area contributed by atoms with Gasteiger partial charge in [-0.3, -0.25) is 0 Å². The van der Waals surface area contributed by atoms with Crippen molar-refractivity contribution in [1.82, 2.24) is 9.13 Å². The van der Waals surface area contributed by atoms with Gasteiger partial charge < -0.3 is 9.13 Å². The van der Waals surface area contributed by atoms with Crippen LogP contribution in [0.15, 0.2) is 157 Å². The van der Waals surface area contributed by atoms with Gasteiger partial charge >= 0.3 is 0 Å². The highest BCUT2D eigenvalue weighted by atomic mass is 19.1. The Morgan fingerprint density at radius 2 is 0.630 bits per heavy atom. The Morgan fingerprint density at radius 3 is 0.978 bits per heavy atom. The molecule has 0 amide bonds. The molecule has 0 bridgehead atoms. The zero-order valence-electron chi connectivity index (χ0n) is 48.7. The van der Waals surface area contributed by atoms with E-state index in [2.05, 4.69) is 0 Å². The van der Waals surface area contributed by atoms with Crippen molar-refractivity contribution >= 4 is 43.6 Å². The predicted molar refractivity (Wildman–Crippen MR) is 186 cm³/mol. The maximum Gasteiger partial charge on any atom is 0.131 e. The average Bonchev–Trinajstić information content (AvgIpc) is 3.90. The van der Waals surface area contributed by atoms with E-state index in [1.807, 2.05) is 0 Å². The van der Waals surface area contributed by atoms with Gasteiger partial charge in [0.05, 0.1) is 69.1 Å². The predicted octanol–water partition coefficient (Wildman–Crippen LogP) is 11.5. The molecule has 46 heavy (non-hydrogen) atoms. The maximum atomic E-state index is 17.8. The SMILES string of the molecule is [2H]c1c([2H])c([2H])c(-n2c3c([2H])c([2H])c([2H])c([2H])c3c3c([2H])c([2H])c([2H])c([2H])c32)c(-c2c([2H])c(F)c(-c3c([2H])c([2H])c([2H])c([2H])c3-n3c4c([2H])c([2H])c([2H])c([2H])c4c4c([2H])c([2H])c([2H])c([2H])c43)c([2H])c2F)c1[2H]. The Hall–Kier alpha value is -6.00. The van der Waals surface area contributed by atoms with E-state index in [0.717, 1.165) is 0 Å². The highest BCUT2D eigenvalue weighted by molar-refractivity contribution is 6.10. The highest BCUT2D eigenvalue weighted by Gasteiger charge is 2.21. The molecule has 0 spiro atoms. The van der Waals surface area contributed by atoms with Crippen LogP contribution in [-0.4, -0.2) is 9.13 Å². The lowest BCUT2D eigenvalue weighted by atomic mass is 9.96. The second-order valence-corrected chi connectivity index (χ2v) is 9.64. The van der Waals surface area contributed by atoms with Crippen LogP contribution in [0.1, 0.15) is 35.6 Å². The second kappa shape index (κ2) is 10.3. The zero-order valence-corrected chi connectivity index (χ0v) is 22.7. The molecule has 0 fully saturated rings. The van der Waals surface area contributed by atoms with Gasteiger partial charge in [0.1, 0.15) is 11.6 Å². The third-order valence-corrected chi connectivity index (χ3v) is 7.26. The summed E-state index contributed by atoms with van der Waals surface area (Å²) in [6, 6.07) is -27.8. The van der Waals surface area contributed by atoms with E-state index in [9.17, 15) is 2.74 Å². The first-order chi connectivity index (χ1) is 33.5. The third kappa shape index (κ3) is 3.87. The van der Waals surface area contributed by atoms with Crippen molar-refractivity contribution in [2.45, 2.75) is 0 Å². The van der Waals surface area contributed by atoms with Crippen LogP contribution in [0.25, 0.3) is 77.2 Å². The fraction of sp³-hybridized carbons (Fsp3) is 0. The number of hydrogen-bond donors (Lipinski definition) is 0. The van der Waals surface area contributed by atoms with Gasteiger partial charge in [-0.1, -0.05) is 109 Å². The van der Waals surface area contributed by atoms with Crippen LogP contribution in [0.2, 0.25) is 0 Å². The van der Waals surface area contributed by atoms with E-state index in [1.165, 1.54) is 0 Å². The molecule has 0 aliphatic heterocycles. The van der Waals surface area contributed by atoms with E-state index in [4.69, 9.17) is 32.9 Å². The van der Waals surface area contributed by atoms with Crippen molar-refractivity contribution in [3.63, 3.8) is 0 Å². The molecule has 9 aromatic rings. The standard InChI is InChI=1S/C42H26F2N2/c43-35-26-34(32-18-6-12-24-42(32)46-39-21-9-3-15-29(39)30-16-4-10-22-40(30)46)36(44)25-33(35)31-17-5-11-23-41(31)45-37-19-7-1-13-27(37)28-14-2-8-20-38(28)45/h1-26H/i1D,2D,3D,4D,5D,6D,7D,8D,9D,10D,11D,12D,13D,14D,15D,16D,17D,18D,19D,20D,21D,22D,23D,24D,25D,26D. The molecule has 0 aliphatic rings. The molecule has 2 nitrogen and oxygen atoms in total. The largest absolute Gasteiger partial charge is 0.309 e. The quantitative estimate of drug-likeness (QED) is 0.185. The van der Waals surface area contributed by atoms with Crippen molar-refractivity contribution in [1.29, 1.82) is 0 Å². The summed E-state index contributed by atoms with van der Waals surface area (Å²) in [7, 11) is 0. The van der Waals surface area contributed by atoms with Crippen LogP contribution in [0.3, 0.4) is 0 Å². The van der Waals surface area contributed by atoms with E-state index >= 15 is 8.78 Å². The van der Waals surface area contributed by atoms with Crippen LogP contribution in [-0.2, 0) is 0 Å². The summed E-state index contributed by atoms with van der Waals surface area (Å²) >= 11 is 0. The fourth-order valence-electron chi connectivity index (χ4n) is 5.40. The molecule has 0 saturated heterocycles. The highest BCUT2D eigenvalue weighted by Crippen LogP contribution is 2.40. The number of rotatable bonds is 4. The molecule has 0 unspecified atom stereocenters. The van der Waals surface area contributed by atoms with Gasteiger partial charge in [0.2, 0.25) is 0 Å². The minimum absolute atomic E-state index is 0.569. The summed E-state index contributed by atoms with van der Waals surface area (Å²) in [4.78, 5) is 0. The molecule has 4 heteroatoms. The Balaban J connectivity index is 1.50. The smallest absolute Gasteiger partial charge is 0.131 e. The molecule has 218 valence electrons. The molecule has 0 aliphatic carbocycles. The van der Waals surface area contributed by atoms with Crippen LogP contribution in [0.5, 0.6) is 0 Å². The monoisotopic (exact) mass is 622 g/mol. The molecule has 0 N–H and O–H groups in total. The topological polar surface area (TPSA) is 9.86 Å². The van der Waals surface area contributed by atoms with Crippen LogP contribution in [0.4, 0.5) is 8.78 Å². The van der Waals surface area contributed by atoms with Crippen molar-refractivity contribution in [2.75, 3.05) is 0 Å². The first kappa shape index (κ1) is 11.1. The Bertz CT molecular complexity index is 3640. The van der Waals surface area contributed by atoms with Crippen LogP contribution >= 0.6 is 0 Å². The number of halogens is 2. The van der Waals surface area contributed by atoms with Gasteiger partial charge in [-0.2, -0.15) is 0 Å². The van der Waals surface area contributed by atoms with Gasteiger partial charge in [-0.25, -0.2) is 8.78 Å². The molecule has 2 aromatic heterocycles. The lowest BCUT2D eigenvalue weighted by molar-refractivity contribution is 0.606. The number of nitrogens with zero attached hydrogens (tertiary/aromatic N) is 2. The molecular formula is C42H26F2N2. The first-order valence-electron chi connectivity index (χ1n) is 26.2. The summed E-state index contributed by atoms with van der Waals surface area (Å²) < 4.78 is 265. The zero-order chi connectivity index (χ0) is 53.4. The molecule has 9 rings (SSSR count). The van der Waals surface area contributed by atoms with Crippen molar-refractivity contribution < 1.29 is 44.4 Å². The van der Waals surface area contributed by atoms with E-state index in [1.54, 1.807) is 0 Å². The van der Waals surface area contributed by atoms with Crippen molar-refractivity contribution in [3.8, 4) is 33.6 Å². The number of para-hydroxylation sites is 6. The fourth-order valence-corrected chi connectivity index (χ4v) is 5.40. The summed E-state index contributed by atoms with van der Waals surface area (Å²) in [5, 5.41) is -2.38. The minimum atomic E-state index is -2.04. The number of benzene rings is 7. The number of hydrogen-bond acceptors (Lipinski definition) is 0.